The molecule has 0 atom stereocenters. The topological polar surface area (TPSA) is 153 Å². The molecule has 5 rings (SSSR count). The minimum Gasteiger partial charge on any atom is -0.496 e. The van der Waals surface area contributed by atoms with Crippen LogP contribution in [0.2, 0.25) is 5.02 Å². The van der Waals surface area contributed by atoms with Crippen molar-refractivity contribution in [1.82, 2.24) is 15.0 Å². The van der Waals surface area contributed by atoms with Crippen molar-refractivity contribution in [2.75, 3.05) is 49.1 Å². The Kier molecular flexibility index (Phi) is 8.61. The Morgan fingerprint density at radius 1 is 1.15 bits per heavy atom. The molecule has 2 N–H and O–H groups in total. The van der Waals surface area contributed by atoms with Gasteiger partial charge in [-0.15, -0.1) is 0 Å². The van der Waals surface area contributed by atoms with Crippen LogP contribution in [0.3, 0.4) is 0 Å². The van der Waals surface area contributed by atoms with Gasteiger partial charge in [0.2, 0.25) is 17.8 Å². The predicted octanol–water partition coefficient (Wildman–Crippen LogP) is 5.80. The second kappa shape index (κ2) is 12.5. The Morgan fingerprint density at radius 3 is 2.68 bits per heavy atom. The molecule has 0 saturated carbocycles. The number of rotatable bonds is 9. The highest BCUT2D eigenvalue weighted by molar-refractivity contribution is 9.10. The van der Waals surface area contributed by atoms with Gasteiger partial charge in [0, 0.05) is 34.7 Å². The van der Waals surface area contributed by atoms with Crippen LogP contribution in [0.1, 0.15) is 11.3 Å². The van der Waals surface area contributed by atoms with Gasteiger partial charge >= 0.3 is 0 Å². The number of nitro benzene ring substituents is 1. The highest BCUT2D eigenvalue weighted by atomic mass is 79.9. The third kappa shape index (κ3) is 6.73. The molecule has 15 heteroatoms. The standard InChI is InChI=1S/C26H24BrClN8O5/c1-15-11-19(27)21(13-20(15)28)30-24-31-25(33-26(32-24)35-7-9-40-10-8-35)34-29-14-17-4-6-23(41-17)18-12-16(36(37)38)3-5-22(18)39-2/h3-6,11-14H,7-10H2,1-2H3,(H2,30,31,32,33,34)/b29-14+. The molecular weight excluding hydrogens is 620 g/mol. The van der Waals surface area contributed by atoms with Crippen LogP contribution in [0.15, 0.2) is 56.5 Å². The fourth-order valence-electron chi connectivity index (χ4n) is 3.96. The van der Waals surface area contributed by atoms with Gasteiger partial charge in [0.15, 0.2) is 0 Å². The summed E-state index contributed by atoms with van der Waals surface area (Å²) in [5, 5.41) is 19.2. The van der Waals surface area contributed by atoms with E-state index < -0.39 is 4.92 Å². The largest absolute Gasteiger partial charge is 0.496 e. The van der Waals surface area contributed by atoms with E-state index in [0.717, 1.165) is 10.0 Å². The Balaban J connectivity index is 1.38. The zero-order valence-electron chi connectivity index (χ0n) is 21.9. The third-order valence-electron chi connectivity index (χ3n) is 6.05. The van der Waals surface area contributed by atoms with E-state index >= 15 is 0 Å². The maximum Gasteiger partial charge on any atom is 0.270 e. The van der Waals surface area contributed by atoms with E-state index in [1.54, 1.807) is 18.2 Å². The van der Waals surface area contributed by atoms with Crippen molar-refractivity contribution >= 4 is 63.0 Å². The molecule has 1 aliphatic rings. The number of anilines is 4. The first-order chi connectivity index (χ1) is 19.8. The van der Waals surface area contributed by atoms with E-state index in [0.29, 0.717) is 65.8 Å². The molecule has 1 saturated heterocycles. The molecule has 1 aliphatic heterocycles. The molecule has 2 aromatic heterocycles. The van der Waals surface area contributed by atoms with Gasteiger partial charge in [0.05, 0.1) is 42.7 Å². The quantitative estimate of drug-likeness (QED) is 0.129. The Bertz CT molecular complexity index is 1610. The van der Waals surface area contributed by atoms with Crippen molar-refractivity contribution in [2.24, 2.45) is 5.10 Å². The fraction of sp³-hybridized carbons (Fsp3) is 0.231. The number of ether oxygens (including phenoxy) is 2. The van der Waals surface area contributed by atoms with E-state index in [-0.39, 0.29) is 17.6 Å². The second-order valence-corrected chi connectivity index (χ2v) is 10.1. The Hall–Kier alpha value is -4.27. The zero-order chi connectivity index (χ0) is 28.9. The van der Waals surface area contributed by atoms with Gasteiger partial charge in [-0.2, -0.15) is 20.1 Å². The highest BCUT2D eigenvalue weighted by Crippen LogP contribution is 2.34. The molecule has 4 aromatic rings. The van der Waals surface area contributed by atoms with Gasteiger partial charge in [-0.1, -0.05) is 11.6 Å². The molecule has 212 valence electrons. The summed E-state index contributed by atoms with van der Waals surface area (Å²) in [6.45, 7) is 4.29. The summed E-state index contributed by atoms with van der Waals surface area (Å²) in [7, 11) is 1.48. The minimum absolute atomic E-state index is 0.0793. The van der Waals surface area contributed by atoms with Crippen molar-refractivity contribution < 1.29 is 18.8 Å². The number of halogens is 2. The summed E-state index contributed by atoms with van der Waals surface area (Å²) in [5.74, 6) is 2.15. The number of methoxy groups -OCH3 is 1. The van der Waals surface area contributed by atoms with Crippen LogP contribution in [0.4, 0.5) is 29.2 Å². The van der Waals surface area contributed by atoms with Crippen LogP contribution in [-0.4, -0.2) is 59.5 Å². The lowest BCUT2D eigenvalue weighted by Crippen LogP contribution is -2.37. The summed E-state index contributed by atoms with van der Waals surface area (Å²) < 4.78 is 17.4. The summed E-state index contributed by atoms with van der Waals surface area (Å²) in [4.78, 5) is 26.3. The molecule has 3 heterocycles. The average Bonchev–Trinajstić information content (AvgIpc) is 3.44. The minimum atomic E-state index is -0.479. The number of aromatic nitrogens is 3. The van der Waals surface area contributed by atoms with E-state index in [1.165, 1.54) is 31.5 Å². The number of benzene rings is 2. The molecule has 0 spiro atoms. The zero-order valence-corrected chi connectivity index (χ0v) is 24.3. The van der Waals surface area contributed by atoms with Crippen LogP contribution in [-0.2, 0) is 4.74 Å². The first-order valence-electron chi connectivity index (χ1n) is 12.3. The van der Waals surface area contributed by atoms with Gasteiger partial charge in [-0.25, -0.2) is 5.43 Å². The number of hydrogen-bond donors (Lipinski definition) is 2. The number of nitrogens with zero attached hydrogens (tertiary/aromatic N) is 6. The number of nitrogens with one attached hydrogen (secondary N) is 2. The summed E-state index contributed by atoms with van der Waals surface area (Å²) >= 11 is 9.88. The van der Waals surface area contributed by atoms with Gasteiger partial charge in [0.1, 0.15) is 17.3 Å². The second-order valence-electron chi connectivity index (χ2n) is 8.80. The molecule has 0 aliphatic carbocycles. The first-order valence-corrected chi connectivity index (χ1v) is 13.5. The number of furan rings is 1. The maximum atomic E-state index is 11.2. The molecular formula is C26H24BrClN8O5. The monoisotopic (exact) mass is 642 g/mol. The molecule has 41 heavy (non-hydrogen) atoms. The number of hydrogen-bond acceptors (Lipinski definition) is 12. The molecule has 0 unspecified atom stereocenters. The molecule has 0 bridgehead atoms. The van der Waals surface area contributed by atoms with Crippen LogP contribution >= 0.6 is 27.5 Å². The number of nitro groups is 1. The van der Waals surface area contributed by atoms with Crippen molar-refractivity contribution in [3.63, 3.8) is 0 Å². The van der Waals surface area contributed by atoms with Crippen LogP contribution in [0, 0.1) is 17.0 Å². The van der Waals surface area contributed by atoms with Gasteiger partial charge < -0.3 is 24.1 Å². The number of non-ortho nitro benzene ring substituents is 1. The lowest BCUT2D eigenvalue weighted by molar-refractivity contribution is -0.384. The third-order valence-corrected chi connectivity index (χ3v) is 7.12. The Labute approximate surface area is 247 Å². The number of morpholine rings is 1. The average molecular weight is 644 g/mol. The summed E-state index contributed by atoms with van der Waals surface area (Å²) in [5.41, 5.74) is 4.81. The van der Waals surface area contributed by atoms with Gasteiger partial charge in [-0.05, 0) is 58.7 Å². The molecule has 0 radical (unpaired) electrons. The van der Waals surface area contributed by atoms with Crippen LogP contribution in [0.5, 0.6) is 5.75 Å². The van der Waals surface area contributed by atoms with Crippen molar-refractivity contribution in [3.8, 4) is 17.1 Å². The molecule has 0 amide bonds. The fourth-order valence-corrected chi connectivity index (χ4v) is 4.68. The SMILES string of the molecule is COc1ccc([N+](=O)[O-])cc1-c1ccc(/C=N/Nc2nc(Nc3cc(Cl)c(C)cc3Br)nc(N3CCOCC3)n2)o1. The summed E-state index contributed by atoms with van der Waals surface area (Å²) in [6.07, 6.45) is 1.44. The van der Waals surface area contributed by atoms with Gasteiger partial charge in [-0.3, -0.25) is 10.1 Å². The van der Waals surface area contributed by atoms with Gasteiger partial charge in [0.25, 0.3) is 5.69 Å². The van der Waals surface area contributed by atoms with Crippen LogP contribution < -0.4 is 20.4 Å². The van der Waals surface area contributed by atoms with Crippen molar-refractivity contribution in [3.05, 3.63) is 73.4 Å². The highest BCUT2D eigenvalue weighted by Gasteiger charge is 2.18. The predicted molar refractivity (Wildman–Crippen MR) is 159 cm³/mol. The number of hydrazone groups is 1. The van der Waals surface area contributed by atoms with E-state index in [4.69, 9.17) is 25.5 Å². The normalized spacial score (nSPS) is 13.4. The smallest absolute Gasteiger partial charge is 0.270 e. The van der Waals surface area contributed by atoms with E-state index in [1.807, 2.05) is 17.9 Å². The van der Waals surface area contributed by atoms with Crippen LogP contribution in [0.25, 0.3) is 11.3 Å². The summed E-state index contributed by atoms with van der Waals surface area (Å²) in [6, 6.07) is 11.3. The Morgan fingerprint density at radius 2 is 1.93 bits per heavy atom. The lowest BCUT2D eigenvalue weighted by Gasteiger charge is -2.27. The van der Waals surface area contributed by atoms with Crippen molar-refractivity contribution in [1.29, 1.82) is 0 Å². The number of aryl methyl sites for hydroxylation is 1. The molecule has 2 aromatic carbocycles. The maximum absolute atomic E-state index is 11.2. The molecule has 13 nitrogen and oxygen atoms in total. The van der Waals surface area contributed by atoms with E-state index in [2.05, 4.69) is 46.7 Å². The van der Waals surface area contributed by atoms with E-state index in [9.17, 15) is 10.1 Å². The first kappa shape index (κ1) is 28.3. The van der Waals surface area contributed by atoms with Crippen molar-refractivity contribution in [2.45, 2.75) is 6.92 Å². The lowest BCUT2D eigenvalue weighted by atomic mass is 10.1. The molecule has 1 fully saturated rings.